The van der Waals surface area contributed by atoms with Crippen molar-refractivity contribution in [3.63, 3.8) is 0 Å². The number of nitrogens with zero attached hydrogens (tertiary/aromatic N) is 2. The van der Waals surface area contributed by atoms with Crippen molar-refractivity contribution in [1.29, 1.82) is 0 Å². The summed E-state index contributed by atoms with van der Waals surface area (Å²) in [6.45, 7) is 2.44. The summed E-state index contributed by atoms with van der Waals surface area (Å²) < 4.78 is 33.3. The number of aliphatic hydroxyl groups is 1. The number of benzene rings is 2. The smallest absolute Gasteiger partial charge is 0.263 e. The van der Waals surface area contributed by atoms with Gasteiger partial charge in [-0.05, 0) is 43.3 Å². The first-order chi connectivity index (χ1) is 13.0. The van der Waals surface area contributed by atoms with Crippen molar-refractivity contribution in [3.8, 4) is 5.75 Å². The predicted octanol–water partition coefficient (Wildman–Crippen LogP) is 2.23. The maximum Gasteiger partial charge on any atom is 0.263 e. The molecule has 9 heteroatoms. The highest BCUT2D eigenvalue weighted by Crippen LogP contribution is 2.25. The third-order valence-electron chi connectivity index (χ3n) is 3.65. The third kappa shape index (κ3) is 4.44. The van der Waals surface area contributed by atoms with Crippen LogP contribution in [0.1, 0.15) is 6.92 Å². The van der Waals surface area contributed by atoms with Crippen LogP contribution in [0.2, 0.25) is 0 Å². The van der Waals surface area contributed by atoms with E-state index in [2.05, 4.69) is 20.0 Å². The van der Waals surface area contributed by atoms with Crippen LogP contribution in [0.25, 0.3) is 11.0 Å². The molecule has 3 aromatic rings. The maximum atomic E-state index is 12.7. The molecule has 0 spiro atoms. The second kappa shape index (κ2) is 8.19. The van der Waals surface area contributed by atoms with E-state index in [-0.39, 0.29) is 29.7 Å². The Morgan fingerprint density at radius 1 is 1.00 bits per heavy atom. The van der Waals surface area contributed by atoms with Gasteiger partial charge in [-0.3, -0.25) is 4.72 Å². The van der Waals surface area contributed by atoms with E-state index in [1.165, 1.54) is 12.1 Å². The highest BCUT2D eigenvalue weighted by atomic mass is 32.2. The Bertz CT molecular complexity index is 1020. The zero-order chi connectivity index (χ0) is 19.3. The molecular weight excluding hydrogens is 368 g/mol. The lowest BCUT2D eigenvalue weighted by atomic mass is 10.3. The average Bonchev–Trinajstić information content (AvgIpc) is 2.67. The fraction of sp³-hybridized carbons (Fsp3) is 0.222. The maximum absolute atomic E-state index is 12.7. The number of hydrogen-bond acceptors (Lipinski definition) is 7. The van der Waals surface area contributed by atoms with Crippen molar-refractivity contribution in [2.45, 2.75) is 11.8 Å². The van der Waals surface area contributed by atoms with Crippen LogP contribution in [-0.4, -0.2) is 43.3 Å². The molecule has 3 N–H and O–H groups in total. The van der Waals surface area contributed by atoms with Gasteiger partial charge in [0.05, 0.1) is 29.1 Å². The lowest BCUT2D eigenvalue weighted by Crippen LogP contribution is -2.17. The van der Waals surface area contributed by atoms with Crippen molar-refractivity contribution in [2.24, 2.45) is 0 Å². The molecule has 0 fully saturated rings. The van der Waals surface area contributed by atoms with Gasteiger partial charge in [-0.2, -0.15) is 0 Å². The normalized spacial score (nSPS) is 11.3. The van der Waals surface area contributed by atoms with E-state index in [1.54, 1.807) is 30.3 Å². The van der Waals surface area contributed by atoms with Crippen LogP contribution in [-0.2, 0) is 10.0 Å². The number of aromatic nitrogens is 2. The molecule has 0 radical (unpaired) electrons. The zero-order valence-electron chi connectivity index (χ0n) is 14.7. The molecule has 0 aliphatic rings. The Balaban J connectivity index is 1.95. The number of aliphatic hydroxyl groups excluding tert-OH is 1. The van der Waals surface area contributed by atoms with Crippen LogP contribution in [0.3, 0.4) is 0 Å². The van der Waals surface area contributed by atoms with Crippen molar-refractivity contribution in [1.82, 2.24) is 9.97 Å². The van der Waals surface area contributed by atoms with Gasteiger partial charge in [0.1, 0.15) is 5.75 Å². The molecule has 1 aromatic heterocycles. The Hall–Kier alpha value is -2.91. The van der Waals surface area contributed by atoms with Gasteiger partial charge in [0.25, 0.3) is 10.0 Å². The molecule has 1 heterocycles. The summed E-state index contributed by atoms with van der Waals surface area (Å²) in [6.07, 6.45) is 0. The van der Waals surface area contributed by atoms with Crippen LogP contribution in [0.5, 0.6) is 5.75 Å². The molecule has 0 aliphatic heterocycles. The van der Waals surface area contributed by atoms with E-state index in [1.807, 2.05) is 13.0 Å². The summed E-state index contributed by atoms with van der Waals surface area (Å²) in [7, 11) is -3.87. The molecule has 142 valence electrons. The quantitative estimate of drug-likeness (QED) is 0.542. The van der Waals surface area contributed by atoms with E-state index >= 15 is 0 Å². The van der Waals surface area contributed by atoms with Crippen LogP contribution in [0.15, 0.2) is 53.4 Å². The van der Waals surface area contributed by atoms with Gasteiger partial charge in [-0.25, -0.2) is 18.4 Å². The van der Waals surface area contributed by atoms with E-state index in [9.17, 15) is 8.42 Å². The lowest BCUT2D eigenvalue weighted by Gasteiger charge is -2.13. The minimum Gasteiger partial charge on any atom is -0.494 e. The van der Waals surface area contributed by atoms with Gasteiger partial charge in [-0.1, -0.05) is 12.1 Å². The molecule has 0 saturated carbocycles. The summed E-state index contributed by atoms with van der Waals surface area (Å²) in [5.74, 6) is 0.903. The molecule has 3 rings (SSSR count). The molecule has 8 nitrogen and oxygen atoms in total. The minimum atomic E-state index is -3.87. The van der Waals surface area contributed by atoms with Gasteiger partial charge >= 0.3 is 0 Å². The molecule has 0 bridgehead atoms. The topological polar surface area (TPSA) is 113 Å². The molecule has 0 amide bonds. The second-order valence-electron chi connectivity index (χ2n) is 5.57. The highest BCUT2D eigenvalue weighted by molar-refractivity contribution is 7.92. The number of para-hydroxylation sites is 2. The van der Waals surface area contributed by atoms with E-state index in [0.29, 0.717) is 23.4 Å². The monoisotopic (exact) mass is 388 g/mol. The minimum absolute atomic E-state index is 0.0658. The van der Waals surface area contributed by atoms with Gasteiger partial charge < -0.3 is 15.2 Å². The zero-order valence-corrected chi connectivity index (χ0v) is 15.5. The van der Waals surface area contributed by atoms with Crippen LogP contribution < -0.4 is 14.8 Å². The number of anilines is 2. The first-order valence-corrected chi connectivity index (χ1v) is 9.89. The van der Waals surface area contributed by atoms with Crippen LogP contribution in [0.4, 0.5) is 11.6 Å². The highest BCUT2D eigenvalue weighted by Gasteiger charge is 2.19. The lowest BCUT2D eigenvalue weighted by molar-refractivity contribution is 0.311. The number of fused-ring (bicyclic) bond motifs is 1. The molecule has 0 aliphatic carbocycles. The van der Waals surface area contributed by atoms with Gasteiger partial charge in [0.2, 0.25) is 0 Å². The average molecular weight is 388 g/mol. The van der Waals surface area contributed by atoms with Gasteiger partial charge in [0, 0.05) is 6.54 Å². The Kier molecular flexibility index (Phi) is 5.72. The number of hydrogen-bond donors (Lipinski definition) is 3. The van der Waals surface area contributed by atoms with Gasteiger partial charge in [0.15, 0.2) is 11.6 Å². The standard InChI is InChI=1S/C18H20N4O4S/c1-2-26-13-7-9-14(10-8-13)27(24,25)22-18-17(19-11-12-23)20-15-5-3-4-6-16(15)21-18/h3-10,23H,2,11-12H2,1H3,(H,19,20)(H,21,22). The number of ether oxygens (including phenoxy) is 1. The molecular formula is C18H20N4O4S. The second-order valence-corrected chi connectivity index (χ2v) is 7.25. The van der Waals surface area contributed by atoms with Crippen molar-refractivity contribution in [2.75, 3.05) is 29.8 Å². The van der Waals surface area contributed by atoms with Crippen molar-refractivity contribution in [3.05, 3.63) is 48.5 Å². The van der Waals surface area contributed by atoms with E-state index in [0.717, 1.165) is 0 Å². The van der Waals surface area contributed by atoms with E-state index < -0.39 is 10.0 Å². The fourth-order valence-electron chi connectivity index (χ4n) is 2.44. The van der Waals surface area contributed by atoms with Crippen LogP contribution in [0, 0.1) is 0 Å². The molecule has 0 unspecified atom stereocenters. The summed E-state index contributed by atoms with van der Waals surface area (Å²) in [5.41, 5.74) is 1.17. The third-order valence-corrected chi connectivity index (χ3v) is 5.01. The number of sulfonamides is 1. The largest absolute Gasteiger partial charge is 0.494 e. The summed E-state index contributed by atoms with van der Waals surface area (Å²) >= 11 is 0. The Morgan fingerprint density at radius 3 is 2.22 bits per heavy atom. The van der Waals surface area contributed by atoms with Crippen molar-refractivity contribution < 1.29 is 18.3 Å². The number of rotatable bonds is 8. The Labute approximate surface area is 157 Å². The summed E-state index contributed by atoms with van der Waals surface area (Å²) in [4.78, 5) is 8.84. The Morgan fingerprint density at radius 2 is 1.63 bits per heavy atom. The summed E-state index contributed by atoms with van der Waals surface area (Å²) in [6, 6.07) is 13.2. The SMILES string of the molecule is CCOc1ccc(S(=O)(=O)Nc2nc3ccccc3nc2NCCO)cc1. The molecule has 27 heavy (non-hydrogen) atoms. The molecule has 2 aromatic carbocycles. The van der Waals surface area contributed by atoms with Crippen LogP contribution >= 0.6 is 0 Å². The number of nitrogens with one attached hydrogen (secondary N) is 2. The summed E-state index contributed by atoms with van der Waals surface area (Å²) in [5, 5.41) is 11.9. The predicted molar refractivity (Wildman–Crippen MR) is 104 cm³/mol. The molecule has 0 atom stereocenters. The first kappa shape index (κ1) is 18.9. The first-order valence-electron chi connectivity index (χ1n) is 8.40. The van der Waals surface area contributed by atoms with Crippen molar-refractivity contribution >= 4 is 32.7 Å². The van der Waals surface area contributed by atoms with E-state index in [4.69, 9.17) is 9.84 Å². The van der Waals surface area contributed by atoms with Gasteiger partial charge in [-0.15, -0.1) is 0 Å². The molecule has 0 saturated heterocycles. The fourth-order valence-corrected chi connectivity index (χ4v) is 3.45.